The van der Waals surface area contributed by atoms with Crippen molar-refractivity contribution in [2.45, 2.75) is 19.4 Å². The van der Waals surface area contributed by atoms with Crippen LogP contribution in [0.1, 0.15) is 22.3 Å². The zero-order valence-electron chi connectivity index (χ0n) is 10.1. The van der Waals surface area contributed by atoms with Crippen molar-refractivity contribution in [1.82, 2.24) is 5.32 Å². The molecule has 0 aliphatic rings. The monoisotopic (exact) mass is 273 g/mol. The highest BCUT2D eigenvalue weighted by molar-refractivity contribution is 5.97. The highest BCUT2D eigenvalue weighted by atomic mass is 19.1. The number of aliphatic carboxylic acids is 1. The molecule has 0 spiro atoms. The number of nitrogens with one attached hydrogen (secondary N) is 1. The van der Waals surface area contributed by atoms with Gasteiger partial charge in [-0.15, -0.1) is 0 Å². The lowest BCUT2D eigenvalue weighted by Gasteiger charge is -2.14. The maximum absolute atomic E-state index is 13.7. The van der Waals surface area contributed by atoms with Crippen LogP contribution in [0.15, 0.2) is 12.1 Å². The second-order valence-electron chi connectivity index (χ2n) is 3.93. The van der Waals surface area contributed by atoms with Gasteiger partial charge in [0.05, 0.1) is 0 Å². The molecular formula is C12H13F2NO4. The Labute approximate surface area is 107 Å². The van der Waals surface area contributed by atoms with Crippen LogP contribution in [-0.4, -0.2) is 34.7 Å². The molecule has 0 fully saturated rings. The maximum atomic E-state index is 13.7. The zero-order chi connectivity index (χ0) is 14.6. The number of carbonyl (C=O) groups excluding carboxylic acids is 1. The van der Waals surface area contributed by atoms with Gasteiger partial charge in [-0.05, 0) is 18.6 Å². The predicted octanol–water partition coefficient (Wildman–Crippen LogP) is 0.839. The van der Waals surface area contributed by atoms with E-state index >= 15 is 0 Å². The summed E-state index contributed by atoms with van der Waals surface area (Å²) in [5.74, 6) is -4.67. The van der Waals surface area contributed by atoms with E-state index in [1.807, 2.05) is 5.32 Å². The van der Waals surface area contributed by atoms with E-state index in [0.717, 1.165) is 6.07 Å². The number of hydrogen-bond acceptors (Lipinski definition) is 3. The van der Waals surface area contributed by atoms with Crippen molar-refractivity contribution in [1.29, 1.82) is 0 Å². The Hall–Kier alpha value is -2.02. The van der Waals surface area contributed by atoms with Crippen molar-refractivity contribution < 1.29 is 28.6 Å². The van der Waals surface area contributed by atoms with Crippen molar-refractivity contribution in [3.63, 3.8) is 0 Å². The van der Waals surface area contributed by atoms with Crippen LogP contribution in [0.4, 0.5) is 8.78 Å². The van der Waals surface area contributed by atoms with Crippen molar-refractivity contribution in [3.8, 4) is 0 Å². The Morgan fingerprint density at radius 1 is 1.37 bits per heavy atom. The number of rotatable bonds is 5. The summed E-state index contributed by atoms with van der Waals surface area (Å²) in [7, 11) is 0. The van der Waals surface area contributed by atoms with E-state index in [4.69, 9.17) is 10.2 Å². The fraction of sp³-hybridized carbons (Fsp3) is 0.333. The zero-order valence-corrected chi connectivity index (χ0v) is 10.1. The second kappa shape index (κ2) is 6.24. The van der Waals surface area contributed by atoms with Crippen LogP contribution >= 0.6 is 0 Å². The van der Waals surface area contributed by atoms with Crippen LogP contribution in [0.25, 0.3) is 0 Å². The van der Waals surface area contributed by atoms with Gasteiger partial charge >= 0.3 is 5.97 Å². The topological polar surface area (TPSA) is 86.6 Å². The second-order valence-corrected chi connectivity index (χ2v) is 3.93. The van der Waals surface area contributed by atoms with Gasteiger partial charge in [0, 0.05) is 13.0 Å². The molecule has 104 valence electrons. The maximum Gasteiger partial charge on any atom is 0.326 e. The summed E-state index contributed by atoms with van der Waals surface area (Å²) in [4.78, 5) is 22.5. The highest BCUT2D eigenvalue weighted by Crippen LogP contribution is 2.16. The molecule has 0 unspecified atom stereocenters. The SMILES string of the molecule is Cc1ccc(F)c(C(=O)N[C@@H](CCO)C(=O)O)c1F. The lowest BCUT2D eigenvalue weighted by Crippen LogP contribution is -2.42. The molecule has 3 N–H and O–H groups in total. The minimum absolute atomic E-state index is 0.0700. The van der Waals surface area contributed by atoms with Gasteiger partial charge in [-0.1, -0.05) is 6.07 Å². The number of carbonyl (C=O) groups is 2. The average Bonchev–Trinajstić information content (AvgIpc) is 2.33. The summed E-state index contributed by atoms with van der Waals surface area (Å²) >= 11 is 0. The number of benzene rings is 1. The standard InChI is InChI=1S/C12H13F2NO4/c1-6-2-3-7(13)9(10(6)14)11(17)15-8(4-5-16)12(18)19/h2-3,8,16H,4-5H2,1H3,(H,15,17)(H,18,19)/t8-/m0/s1. The molecule has 1 aromatic carbocycles. The first-order chi connectivity index (χ1) is 8.88. The van der Waals surface area contributed by atoms with Gasteiger partial charge in [0.25, 0.3) is 5.91 Å². The van der Waals surface area contributed by atoms with Gasteiger partial charge in [-0.3, -0.25) is 4.79 Å². The number of hydrogen-bond donors (Lipinski definition) is 3. The molecule has 0 aliphatic carbocycles. The normalized spacial score (nSPS) is 12.0. The lowest BCUT2D eigenvalue weighted by molar-refractivity contribution is -0.139. The molecule has 0 radical (unpaired) electrons. The third-order valence-corrected chi connectivity index (χ3v) is 2.53. The molecule has 1 rings (SSSR count). The first-order valence-electron chi connectivity index (χ1n) is 5.47. The predicted molar refractivity (Wildman–Crippen MR) is 61.7 cm³/mol. The smallest absolute Gasteiger partial charge is 0.326 e. The summed E-state index contributed by atoms with van der Waals surface area (Å²) in [6, 6.07) is 0.690. The number of carboxylic acids is 1. The molecule has 0 heterocycles. The van der Waals surface area contributed by atoms with E-state index in [9.17, 15) is 18.4 Å². The van der Waals surface area contributed by atoms with Crippen LogP contribution in [0.3, 0.4) is 0 Å². The van der Waals surface area contributed by atoms with Gasteiger partial charge in [0.1, 0.15) is 23.2 Å². The van der Waals surface area contributed by atoms with Crippen LogP contribution < -0.4 is 5.32 Å². The minimum Gasteiger partial charge on any atom is -0.480 e. The highest BCUT2D eigenvalue weighted by Gasteiger charge is 2.24. The van der Waals surface area contributed by atoms with Crippen molar-refractivity contribution >= 4 is 11.9 Å². The number of amides is 1. The van der Waals surface area contributed by atoms with E-state index < -0.39 is 41.7 Å². The van der Waals surface area contributed by atoms with Gasteiger partial charge in [0.2, 0.25) is 0 Å². The van der Waals surface area contributed by atoms with Crippen LogP contribution in [-0.2, 0) is 4.79 Å². The van der Waals surface area contributed by atoms with E-state index in [1.54, 1.807) is 0 Å². The third-order valence-electron chi connectivity index (χ3n) is 2.53. The Bertz CT molecular complexity index is 505. The van der Waals surface area contributed by atoms with Crippen molar-refractivity contribution in [3.05, 3.63) is 34.9 Å². The molecule has 19 heavy (non-hydrogen) atoms. The van der Waals surface area contributed by atoms with Crippen molar-refractivity contribution in [2.24, 2.45) is 0 Å². The lowest BCUT2D eigenvalue weighted by atomic mass is 10.1. The van der Waals surface area contributed by atoms with E-state index in [0.29, 0.717) is 0 Å². The third kappa shape index (κ3) is 3.47. The molecule has 0 aliphatic heterocycles. The molecule has 1 aromatic rings. The molecule has 0 saturated heterocycles. The minimum atomic E-state index is -1.41. The largest absolute Gasteiger partial charge is 0.480 e. The summed E-state index contributed by atoms with van der Waals surface area (Å²) in [6.45, 7) is 0.879. The molecule has 7 heteroatoms. The summed E-state index contributed by atoms with van der Waals surface area (Å²) in [6.07, 6.45) is -0.254. The van der Waals surface area contributed by atoms with Crippen LogP contribution in [0.5, 0.6) is 0 Å². The Kier molecular flexibility index (Phi) is 4.94. The van der Waals surface area contributed by atoms with Gasteiger partial charge in [0.15, 0.2) is 0 Å². The summed E-state index contributed by atoms with van der Waals surface area (Å²) in [5.41, 5.74) is -0.759. The first kappa shape index (κ1) is 15.0. The van der Waals surface area contributed by atoms with Gasteiger partial charge in [-0.2, -0.15) is 0 Å². The van der Waals surface area contributed by atoms with Crippen LogP contribution in [0, 0.1) is 18.6 Å². The Morgan fingerprint density at radius 3 is 2.53 bits per heavy atom. The molecule has 0 saturated carbocycles. The number of halogens is 2. The first-order valence-corrected chi connectivity index (χ1v) is 5.47. The molecule has 1 amide bonds. The molecular weight excluding hydrogens is 260 g/mol. The number of aryl methyl sites for hydroxylation is 1. The van der Waals surface area contributed by atoms with Gasteiger partial charge in [-0.25, -0.2) is 13.6 Å². The molecule has 1 atom stereocenters. The van der Waals surface area contributed by atoms with E-state index in [1.165, 1.54) is 13.0 Å². The van der Waals surface area contributed by atoms with Crippen molar-refractivity contribution in [2.75, 3.05) is 6.61 Å². The fourth-order valence-corrected chi connectivity index (χ4v) is 1.48. The number of carboxylic acid groups (broad SMARTS) is 1. The number of aliphatic hydroxyl groups is 1. The fourth-order valence-electron chi connectivity index (χ4n) is 1.48. The Morgan fingerprint density at radius 2 is 2.00 bits per heavy atom. The Balaban J connectivity index is 3.01. The van der Waals surface area contributed by atoms with E-state index in [2.05, 4.69) is 0 Å². The average molecular weight is 273 g/mol. The molecule has 0 aromatic heterocycles. The quantitative estimate of drug-likeness (QED) is 0.742. The van der Waals surface area contributed by atoms with E-state index in [-0.39, 0.29) is 12.0 Å². The van der Waals surface area contributed by atoms with Crippen LogP contribution in [0.2, 0.25) is 0 Å². The molecule has 0 bridgehead atoms. The number of aliphatic hydroxyl groups excluding tert-OH is 1. The molecule has 5 nitrogen and oxygen atoms in total. The summed E-state index contributed by atoms with van der Waals surface area (Å²) in [5, 5.41) is 19.4. The van der Waals surface area contributed by atoms with Gasteiger partial charge < -0.3 is 15.5 Å². The summed E-state index contributed by atoms with van der Waals surface area (Å²) < 4.78 is 27.1.